The second kappa shape index (κ2) is 11.4. The molecule has 2 rings (SSSR count). The molecule has 148 valence electrons. The van der Waals surface area contributed by atoms with Crippen LogP contribution >= 0.6 is 0 Å². The first-order chi connectivity index (χ1) is 13.2. The second-order valence-electron chi connectivity index (χ2n) is 6.60. The van der Waals surface area contributed by atoms with Crippen molar-refractivity contribution >= 4 is 5.96 Å². The van der Waals surface area contributed by atoms with Gasteiger partial charge in [-0.1, -0.05) is 49.3 Å². The van der Waals surface area contributed by atoms with Crippen molar-refractivity contribution in [2.45, 2.75) is 52.0 Å². The fourth-order valence-electron chi connectivity index (χ4n) is 3.03. The van der Waals surface area contributed by atoms with E-state index >= 15 is 0 Å². The molecule has 0 radical (unpaired) electrons. The van der Waals surface area contributed by atoms with Gasteiger partial charge >= 0.3 is 0 Å². The van der Waals surface area contributed by atoms with Crippen LogP contribution in [0.1, 0.15) is 62.5 Å². The van der Waals surface area contributed by atoms with Crippen molar-refractivity contribution in [2.75, 3.05) is 19.7 Å². The number of aliphatic hydroxyl groups excluding tert-OH is 1. The Morgan fingerprint density at radius 3 is 2.48 bits per heavy atom. The van der Waals surface area contributed by atoms with E-state index in [0.29, 0.717) is 25.0 Å². The average Bonchev–Trinajstić information content (AvgIpc) is 3.17. The van der Waals surface area contributed by atoms with Gasteiger partial charge in [-0.3, -0.25) is 0 Å². The first-order valence-corrected chi connectivity index (χ1v) is 9.85. The highest BCUT2D eigenvalue weighted by molar-refractivity contribution is 5.79. The number of aliphatic hydroxyl groups is 1. The smallest absolute Gasteiger partial charge is 0.191 e. The average molecular weight is 373 g/mol. The number of rotatable bonds is 10. The van der Waals surface area contributed by atoms with Crippen molar-refractivity contribution in [3.63, 3.8) is 0 Å². The second-order valence-corrected chi connectivity index (χ2v) is 6.60. The van der Waals surface area contributed by atoms with Gasteiger partial charge in [0.2, 0.25) is 0 Å². The zero-order valence-electron chi connectivity index (χ0n) is 16.6. The molecule has 0 aliphatic rings. The summed E-state index contributed by atoms with van der Waals surface area (Å²) in [5.74, 6) is 1.92. The van der Waals surface area contributed by atoms with Crippen molar-refractivity contribution in [3.05, 3.63) is 53.4 Å². The first kappa shape index (κ1) is 21.0. The van der Waals surface area contributed by atoms with Gasteiger partial charge in [-0.15, -0.1) is 0 Å². The van der Waals surface area contributed by atoms with E-state index in [1.165, 1.54) is 0 Å². The molecule has 0 bridgehead atoms. The van der Waals surface area contributed by atoms with E-state index in [9.17, 15) is 5.11 Å². The number of nitrogens with zero attached hydrogens (tertiary/aromatic N) is 2. The van der Waals surface area contributed by atoms with Gasteiger partial charge in [0.15, 0.2) is 11.7 Å². The van der Waals surface area contributed by atoms with E-state index in [1.54, 1.807) is 0 Å². The number of nitrogens with one attached hydrogen (secondary N) is 2. The lowest BCUT2D eigenvalue weighted by molar-refractivity contribution is 0.265. The summed E-state index contributed by atoms with van der Waals surface area (Å²) in [4.78, 5) is 4.59. The highest BCUT2D eigenvalue weighted by Crippen LogP contribution is 2.22. The molecule has 1 unspecified atom stereocenters. The molecule has 0 spiro atoms. The van der Waals surface area contributed by atoms with E-state index in [4.69, 9.17) is 4.52 Å². The van der Waals surface area contributed by atoms with Gasteiger partial charge in [0.05, 0.1) is 12.3 Å². The molecule has 0 amide bonds. The van der Waals surface area contributed by atoms with E-state index < -0.39 is 0 Å². The lowest BCUT2D eigenvalue weighted by Gasteiger charge is -2.17. The van der Waals surface area contributed by atoms with Crippen molar-refractivity contribution < 1.29 is 9.63 Å². The quantitative estimate of drug-likeness (QED) is 0.440. The molecule has 1 heterocycles. The Bertz CT molecular complexity index is 680. The largest absolute Gasteiger partial charge is 0.396 e. The first-order valence-electron chi connectivity index (χ1n) is 9.85. The van der Waals surface area contributed by atoms with Crippen LogP contribution in [-0.4, -0.2) is 35.9 Å². The van der Waals surface area contributed by atoms with Crippen molar-refractivity contribution in [3.8, 4) is 0 Å². The highest BCUT2D eigenvalue weighted by Gasteiger charge is 2.13. The SMILES string of the molecule is CCNC(=NCc1cc(C(CC)CC)no1)NCC(CO)c1ccccc1. The lowest BCUT2D eigenvalue weighted by Crippen LogP contribution is -2.39. The molecule has 27 heavy (non-hydrogen) atoms. The summed E-state index contributed by atoms with van der Waals surface area (Å²) < 4.78 is 5.44. The molecule has 0 saturated carbocycles. The van der Waals surface area contributed by atoms with Crippen molar-refractivity contribution in [2.24, 2.45) is 4.99 Å². The lowest BCUT2D eigenvalue weighted by atomic mass is 9.99. The van der Waals surface area contributed by atoms with Gasteiger partial charge in [0.25, 0.3) is 0 Å². The molecule has 1 aromatic carbocycles. The minimum Gasteiger partial charge on any atom is -0.396 e. The third-order valence-electron chi connectivity index (χ3n) is 4.73. The third-order valence-corrected chi connectivity index (χ3v) is 4.73. The highest BCUT2D eigenvalue weighted by atomic mass is 16.5. The fraction of sp³-hybridized carbons (Fsp3) is 0.524. The molecule has 6 nitrogen and oxygen atoms in total. The summed E-state index contributed by atoms with van der Waals surface area (Å²) in [7, 11) is 0. The maximum Gasteiger partial charge on any atom is 0.191 e. The van der Waals surface area contributed by atoms with Crippen LogP contribution in [0.25, 0.3) is 0 Å². The van der Waals surface area contributed by atoms with Crippen LogP contribution < -0.4 is 10.6 Å². The zero-order chi connectivity index (χ0) is 19.5. The minimum absolute atomic E-state index is 0.0156. The van der Waals surface area contributed by atoms with Gasteiger partial charge in [-0.2, -0.15) is 0 Å². The standard InChI is InChI=1S/C21H32N4O2/c1-4-16(5-2)20-12-19(27-25-20)14-24-21(22-6-3)23-13-18(15-26)17-10-8-7-9-11-17/h7-12,16,18,26H,4-6,13-15H2,1-3H3,(H2,22,23,24). The Kier molecular flexibility index (Phi) is 8.84. The third kappa shape index (κ3) is 6.40. The van der Waals surface area contributed by atoms with E-state index in [-0.39, 0.29) is 12.5 Å². The number of benzene rings is 1. The number of hydrogen-bond donors (Lipinski definition) is 3. The van der Waals surface area contributed by atoms with Crippen LogP contribution in [0.3, 0.4) is 0 Å². The normalized spacial score (nSPS) is 13.0. The predicted molar refractivity (Wildman–Crippen MR) is 109 cm³/mol. The topological polar surface area (TPSA) is 82.7 Å². The molecule has 2 aromatic rings. The van der Waals surface area contributed by atoms with Gasteiger partial charge in [-0.25, -0.2) is 4.99 Å². The summed E-state index contributed by atoms with van der Waals surface area (Å²) in [5.41, 5.74) is 2.11. The van der Waals surface area contributed by atoms with Crippen molar-refractivity contribution in [1.29, 1.82) is 0 Å². The Labute approximate surface area is 162 Å². The van der Waals surface area contributed by atoms with E-state index in [2.05, 4.69) is 34.6 Å². The minimum atomic E-state index is 0.0156. The Hall–Kier alpha value is -2.34. The molecule has 6 heteroatoms. The Balaban J connectivity index is 1.97. The Morgan fingerprint density at radius 1 is 1.11 bits per heavy atom. The Morgan fingerprint density at radius 2 is 1.85 bits per heavy atom. The van der Waals surface area contributed by atoms with Gasteiger partial charge in [-0.05, 0) is 25.3 Å². The van der Waals surface area contributed by atoms with Crippen LogP contribution in [0.2, 0.25) is 0 Å². The number of guanidine groups is 1. The van der Waals surface area contributed by atoms with E-state index in [0.717, 1.165) is 36.4 Å². The molecular formula is C21H32N4O2. The fourth-order valence-corrected chi connectivity index (χ4v) is 3.03. The monoisotopic (exact) mass is 372 g/mol. The molecule has 0 saturated heterocycles. The molecule has 1 atom stereocenters. The summed E-state index contributed by atoms with van der Waals surface area (Å²) in [6, 6.07) is 12.0. The van der Waals surface area contributed by atoms with Crippen LogP contribution in [0.4, 0.5) is 0 Å². The summed E-state index contributed by atoms with van der Waals surface area (Å²) in [6.07, 6.45) is 2.11. The predicted octanol–water partition coefficient (Wildman–Crippen LogP) is 3.41. The molecule has 3 N–H and O–H groups in total. The van der Waals surface area contributed by atoms with E-state index in [1.807, 2.05) is 43.3 Å². The van der Waals surface area contributed by atoms with Crippen LogP contribution in [0.5, 0.6) is 0 Å². The summed E-state index contributed by atoms with van der Waals surface area (Å²) >= 11 is 0. The molecule has 0 fully saturated rings. The maximum atomic E-state index is 9.71. The molecular weight excluding hydrogens is 340 g/mol. The van der Waals surface area contributed by atoms with Gasteiger partial charge in [0.1, 0.15) is 6.54 Å². The zero-order valence-corrected chi connectivity index (χ0v) is 16.6. The summed E-state index contributed by atoms with van der Waals surface area (Å²) in [6.45, 7) is 8.22. The van der Waals surface area contributed by atoms with Gasteiger partial charge < -0.3 is 20.3 Å². The van der Waals surface area contributed by atoms with Crippen LogP contribution in [-0.2, 0) is 6.54 Å². The van der Waals surface area contributed by atoms with Crippen LogP contribution in [0, 0.1) is 0 Å². The summed E-state index contributed by atoms with van der Waals surface area (Å²) in [5, 5.41) is 20.4. The molecule has 0 aliphatic carbocycles. The number of hydrogen-bond acceptors (Lipinski definition) is 4. The molecule has 0 aliphatic heterocycles. The van der Waals surface area contributed by atoms with Crippen molar-refractivity contribution in [1.82, 2.24) is 15.8 Å². The van der Waals surface area contributed by atoms with Gasteiger partial charge in [0, 0.05) is 31.0 Å². The molecule has 1 aromatic heterocycles. The maximum absolute atomic E-state index is 9.71. The number of aromatic nitrogens is 1. The number of aliphatic imine (C=N–C) groups is 1. The van der Waals surface area contributed by atoms with Crippen LogP contribution in [0.15, 0.2) is 45.9 Å².